The number of carboxylic acid groups (broad SMARTS) is 2. The van der Waals surface area contributed by atoms with Gasteiger partial charge in [0.1, 0.15) is 5.75 Å². The van der Waals surface area contributed by atoms with E-state index in [1.165, 1.54) is 0 Å². The minimum atomic E-state index is -1.82. The summed E-state index contributed by atoms with van der Waals surface area (Å²) in [5, 5.41) is 18.8. The van der Waals surface area contributed by atoms with Crippen LogP contribution in [0.4, 0.5) is 5.95 Å². The van der Waals surface area contributed by atoms with Crippen molar-refractivity contribution in [2.45, 2.75) is 6.54 Å². The van der Waals surface area contributed by atoms with Gasteiger partial charge < -0.3 is 24.8 Å². The number of para-hydroxylation sites is 1. The molecule has 2 aromatic carbocycles. The number of anilines is 1. The Morgan fingerprint density at radius 2 is 1.83 bits per heavy atom. The van der Waals surface area contributed by atoms with Gasteiger partial charge in [0.2, 0.25) is 5.95 Å². The number of imidazole rings is 1. The lowest BCUT2D eigenvalue weighted by Crippen LogP contribution is -2.09. The van der Waals surface area contributed by atoms with Crippen molar-refractivity contribution in [3.8, 4) is 17.0 Å². The second-order valence-corrected chi connectivity index (χ2v) is 6.25. The normalized spacial score (nSPS) is 9.90. The Labute approximate surface area is 172 Å². The summed E-state index contributed by atoms with van der Waals surface area (Å²) in [6, 6.07) is 15.7. The molecule has 0 atom stereocenters. The smallest absolute Gasteiger partial charge is 0.414 e. The fourth-order valence-electron chi connectivity index (χ4n) is 2.51. The molecule has 0 aliphatic heterocycles. The fraction of sp³-hybridized carbons (Fsp3) is 0.150. The highest BCUT2D eigenvalue weighted by atomic mass is 35.5. The number of ether oxygens (including phenoxy) is 1. The molecule has 1 heterocycles. The van der Waals surface area contributed by atoms with Crippen molar-refractivity contribution in [3.05, 3.63) is 65.3 Å². The number of carbonyl (C=O) groups is 2. The lowest BCUT2D eigenvalue weighted by molar-refractivity contribution is -0.159. The second-order valence-electron chi connectivity index (χ2n) is 5.81. The van der Waals surface area contributed by atoms with Gasteiger partial charge in [0.05, 0.1) is 19.0 Å². The van der Waals surface area contributed by atoms with Gasteiger partial charge in [-0.2, -0.15) is 0 Å². The monoisotopic (exact) mass is 417 g/mol. The molecule has 8 nitrogen and oxygen atoms in total. The van der Waals surface area contributed by atoms with Crippen LogP contribution in [0.3, 0.4) is 0 Å². The van der Waals surface area contributed by atoms with Gasteiger partial charge in [0, 0.05) is 29.7 Å². The Bertz CT molecular complexity index is 991. The summed E-state index contributed by atoms with van der Waals surface area (Å²) < 4.78 is 7.38. The number of methoxy groups -OCH3 is 1. The molecule has 29 heavy (non-hydrogen) atoms. The number of aromatic nitrogens is 2. The first-order chi connectivity index (χ1) is 13.8. The number of carboxylic acids is 2. The summed E-state index contributed by atoms with van der Waals surface area (Å²) in [5.41, 5.74) is 3.13. The molecule has 0 spiro atoms. The average Bonchev–Trinajstić information content (AvgIpc) is 3.07. The standard InChI is InChI=1S/C18H18ClN3O.C2H2O4/c1-22-16(13-7-5-8-15(19)10-13)12-21-18(22)20-11-14-6-3-4-9-17(14)23-2;3-1(4)2(5)6/h3-10,12H,11H2,1-2H3,(H,20,21);(H,3,4)(H,5,6). The van der Waals surface area contributed by atoms with Gasteiger partial charge in [-0.05, 0) is 18.2 Å². The van der Waals surface area contributed by atoms with Crippen LogP contribution in [0.1, 0.15) is 5.56 Å². The lowest BCUT2D eigenvalue weighted by atomic mass is 10.2. The van der Waals surface area contributed by atoms with Gasteiger partial charge in [0.15, 0.2) is 0 Å². The molecule has 152 valence electrons. The molecule has 3 rings (SSSR count). The van der Waals surface area contributed by atoms with Crippen molar-refractivity contribution in [2.24, 2.45) is 7.05 Å². The van der Waals surface area contributed by atoms with E-state index in [2.05, 4.69) is 10.3 Å². The molecule has 0 aliphatic rings. The zero-order valence-electron chi connectivity index (χ0n) is 15.8. The first-order valence-electron chi connectivity index (χ1n) is 8.43. The lowest BCUT2D eigenvalue weighted by Gasteiger charge is -2.11. The van der Waals surface area contributed by atoms with E-state index in [0.29, 0.717) is 11.6 Å². The number of nitrogens with one attached hydrogen (secondary N) is 1. The third kappa shape index (κ3) is 5.98. The number of nitrogens with zero attached hydrogens (tertiary/aromatic N) is 2. The molecule has 1 aromatic heterocycles. The highest BCUT2D eigenvalue weighted by Crippen LogP contribution is 2.25. The van der Waals surface area contributed by atoms with Crippen molar-refractivity contribution < 1.29 is 24.5 Å². The van der Waals surface area contributed by atoms with Crippen molar-refractivity contribution in [3.63, 3.8) is 0 Å². The van der Waals surface area contributed by atoms with Crippen LogP contribution < -0.4 is 10.1 Å². The molecule has 3 N–H and O–H groups in total. The van der Waals surface area contributed by atoms with E-state index < -0.39 is 11.9 Å². The van der Waals surface area contributed by atoms with E-state index in [1.54, 1.807) is 7.11 Å². The van der Waals surface area contributed by atoms with E-state index in [1.807, 2.05) is 66.3 Å². The number of aliphatic carboxylic acids is 2. The van der Waals surface area contributed by atoms with Gasteiger partial charge in [-0.25, -0.2) is 14.6 Å². The molecule has 0 saturated heterocycles. The van der Waals surface area contributed by atoms with E-state index in [4.69, 9.17) is 36.1 Å². The maximum absolute atomic E-state index is 9.10. The van der Waals surface area contributed by atoms with Crippen LogP contribution in [-0.4, -0.2) is 38.8 Å². The highest BCUT2D eigenvalue weighted by Gasteiger charge is 2.09. The van der Waals surface area contributed by atoms with Crippen LogP contribution in [0.15, 0.2) is 54.7 Å². The summed E-state index contributed by atoms with van der Waals surface area (Å²) in [6.07, 6.45) is 1.84. The summed E-state index contributed by atoms with van der Waals surface area (Å²) >= 11 is 6.07. The molecule has 0 fully saturated rings. The molecule has 0 bridgehead atoms. The van der Waals surface area contributed by atoms with Crippen molar-refractivity contribution in [1.29, 1.82) is 0 Å². The van der Waals surface area contributed by atoms with Gasteiger partial charge in [-0.3, -0.25) is 0 Å². The van der Waals surface area contributed by atoms with E-state index in [0.717, 1.165) is 28.5 Å². The van der Waals surface area contributed by atoms with Crippen LogP contribution >= 0.6 is 11.6 Å². The van der Waals surface area contributed by atoms with E-state index in [-0.39, 0.29) is 0 Å². The second kappa shape index (κ2) is 10.1. The zero-order valence-corrected chi connectivity index (χ0v) is 16.6. The Hall–Kier alpha value is -3.52. The molecule has 9 heteroatoms. The number of halogens is 1. The Balaban J connectivity index is 0.000000438. The fourth-order valence-corrected chi connectivity index (χ4v) is 2.70. The van der Waals surface area contributed by atoms with E-state index >= 15 is 0 Å². The minimum Gasteiger partial charge on any atom is -0.496 e. The predicted molar refractivity (Wildman–Crippen MR) is 109 cm³/mol. The zero-order chi connectivity index (χ0) is 21.4. The highest BCUT2D eigenvalue weighted by molar-refractivity contribution is 6.30. The molecular formula is C20H20ClN3O5. The average molecular weight is 418 g/mol. The summed E-state index contributed by atoms with van der Waals surface area (Å²) in [5.74, 6) is -1.99. The van der Waals surface area contributed by atoms with Crippen LogP contribution in [0.5, 0.6) is 5.75 Å². The summed E-state index contributed by atoms with van der Waals surface area (Å²) in [7, 11) is 3.66. The summed E-state index contributed by atoms with van der Waals surface area (Å²) in [6.45, 7) is 0.643. The van der Waals surface area contributed by atoms with Crippen molar-refractivity contribution in [2.75, 3.05) is 12.4 Å². The Morgan fingerprint density at radius 1 is 1.14 bits per heavy atom. The molecule has 0 amide bonds. The molecule has 0 saturated carbocycles. The van der Waals surface area contributed by atoms with Crippen LogP contribution in [0.2, 0.25) is 5.02 Å². The number of benzene rings is 2. The van der Waals surface area contributed by atoms with Crippen molar-refractivity contribution in [1.82, 2.24) is 9.55 Å². The Morgan fingerprint density at radius 3 is 2.45 bits per heavy atom. The first-order valence-corrected chi connectivity index (χ1v) is 8.81. The van der Waals surface area contributed by atoms with Crippen molar-refractivity contribution >= 4 is 29.5 Å². The van der Waals surface area contributed by atoms with Crippen LogP contribution in [0, 0.1) is 0 Å². The maximum Gasteiger partial charge on any atom is 0.414 e. The van der Waals surface area contributed by atoms with Gasteiger partial charge >= 0.3 is 11.9 Å². The summed E-state index contributed by atoms with van der Waals surface area (Å²) in [4.78, 5) is 22.7. The third-order valence-corrected chi connectivity index (χ3v) is 4.16. The third-order valence-electron chi connectivity index (χ3n) is 3.92. The minimum absolute atomic E-state index is 0.643. The van der Waals surface area contributed by atoms with Gasteiger partial charge in [0.25, 0.3) is 0 Å². The molecule has 0 aliphatic carbocycles. The quantitative estimate of drug-likeness (QED) is 0.544. The Kier molecular flexibility index (Phi) is 7.62. The van der Waals surface area contributed by atoms with E-state index in [9.17, 15) is 0 Å². The SMILES string of the molecule is COc1ccccc1CNc1ncc(-c2cccc(Cl)c2)n1C.O=C(O)C(=O)O. The van der Waals surface area contributed by atoms with Gasteiger partial charge in [-0.15, -0.1) is 0 Å². The van der Waals surface area contributed by atoms with Crippen LogP contribution in [-0.2, 0) is 23.2 Å². The number of rotatable bonds is 5. The number of hydrogen-bond donors (Lipinski definition) is 3. The predicted octanol–water partition coefficient (Wildman–Crippen LogP) is 3.52. The van der Waals surface area contributed by atoms with Crippen LogP contribution in [0.25, 0.3) is 11.3 Å². The largest absolute Gasteiger partial charge is 0.496 e. The first kappa shape index (κ1) is 21.8. The molecular weight excluding hydrogens is 398 g/mol. The molecule has 3 aromatic rings. The molecule has 0 unspecified atom stereocenters. The maximum atomic E-state index is 9.10. The topological polar surface area (TPSA) is 114 Å². The number of hydrogen-bond acceptors (Lipinski definition) is 5. The molecule has 0 radical (unpaired) electrons. The van der Waals surface area contributed by atoms with Gasteiger partial charge in [-0.1, -0.05) is 41.9 Å².